The summed E-state index contributed by atoms with van der Waals surface area (Å²) >= 11 is 5.29. The van der Waals surface area contributed by atoms with E-state index < -0.39 is 0 Å². The molecule has 0 amide bonds. The molecule has 0 spiro atoms. The lowest BCUT2D eigenvalue weighted by atomic mass is 9.85. The third kappa shape index (κ3) is 2.32. The summed E-state index contributed by atoms with van der Waals surface area (Å²) in [6, 6.07) is 0. The zero-order valence-corrected chi connectivity index (χ0v) is 12.6. The number of nitrogens with zero attached hydrogens (tertiary/aromatic N) is 2. The predicted molar refractivity (Wildman–Crippen MR) is 81.7 cm³/mol. The fourth-order valence-electron chi connectivity index (χ4n) is 2.66. The molecule has 3 rings (SSSR count). The van der Waals surface area contributed by atoms with Crippen molar-refractivity contribution in [3.8, 4) is 0 Å². The third-order valence-corrected chi connectivity index (χ3v) is 4.45. The van der Waals surface area contributed by atoms with E-state index in [-0.39, 0.29) is 5.56 Å². The molecule has 0 aromatic carbocycles. The highest BCUT2D eigenvalue weighted by molar-refractivity contribution is 7.71. The van der Waals surface area contributed by atoms with Crippen LogP contribution in [-0.2, 0) is 6.54 Å². The van der Waals surface area contributed by atoms with Crippen LogP contribution in [0.25, 0.3) is 11.2 Å². The molecule has 5 nitrogen and oxygen atoms in total. The second kappa shape index (κ2) is 5.52. The van der Waals surface area contributed by atoms with E-state index in [9.17, 15) is 4.79 Å². The number of fused-ring (bicyclic) bond motifs is 1. The first kappa shape index (κ1) is 13.5. The largest absolute Gasteiger partial charge is 0.336 e. The van der Waals surface area contributed by atoms with E-state index in [2.05, 4.69) is 21.9 Å². The van der Waals surface area contributed by atoms with Crippen molar-refractivity contribution in [2.45, 2.75) is 57.9 Å². The lowest BCUT2D eigenvalue weighted by Crippen LogP contribution is -2.14. The third-order valence-electron chi connectivity index (χ3n) is 4.13. The van der Waals surface area contributed by atoms with Gasteiger partial charge < -0.3 is 9.55 Å². The van der Waals surface area contributed by atoms with Crippen LogP contribution in [0.3, 0.4) is 0 Å². The number of rotatable bonds is 5. The van der Waals surface area contributed by atoms with E-state index in [1.165, 1.54) is 6.42 Å². The van der Waals surface area contributed by atoms with Crippen molar-refractivity contribution in [1.29, 1.82) is 0 Å². The van der Waals surface area contributed by atoms with Crippen LogP contribution in [0, 0.1) is 4.77 Å². The number of hydrogen-bond acceptors (Lipinski definition) is 3. The summed E-state index contributed by atoms with van der Waals surface area (Å²) in [6.45, 7) is 2.99. The molecule has 1 saturated carbocycles. The lowest BCUT2D eigenvalue weighted by Gasteiger charge is -2.22. The van der Waals surface area contributed by atoms with Gasteiger partial charge in [0.25, 0.3) is 5.56 Å². The van der Waals surface area contributed by atoms with Crippen molar-refractivity contribution >= 4 is 23.4 Å². The summed E-state index contributed by atoms with van der Waals surface area (Å²) in [5.74, 6) is 1.43. The summed E-state index contributed by atoms with van der Waals surface area (Å²) in [7, 11) is 0. The number of unbranched alkanes of at least 4 members (excludes halogenated alkanes) is 2. The zero-order valence-electron chi connectivity index (χ0n) is 11.7. The van der Waals surface area contributed by atoms with Crippen molar-refractivity contribution < 1.29 is 0 Å². The molecule has 0 aliphatic heterocycles. The van der Waals surface area contributed by atoms with Gasteiger partial charge in [0.2, 0.25) is 0 Å². The van der Waals surface area contributed by atoms with Crippen LogP contribution in [-0.4, -0.2) is 19.5 Å². The zero-order chi connectivity index (χ0) is 14.1. The Morgan fingerprint density at radius 1 is 1.35 bits per heavy atom. The molecular weight excluding hydrogens is 272 g/mol. The van der Waals surface area contributed by atoms with Crippen molar-refractivity contribution in [2.75, 3.05) is 0 Å². The van der Waals surface area contributed by atoms with Gasteiger partial charge in [0.1, 0.15) is 11.3 Å². The molecule has 6 heteroatoms. The molecular formula is C14H20N4OS. The molecule has 2 aromatic rings. The van der Waals surface area contributed by atoms with Crippen LogP contribution in [0.15, 0.2) is 4.79 Å². The topological polar surface area (TPSA) is 66.5 Å². The second-order valence-electron chi connectivity index (χ2n) is 5.57. The van der Waals surface area contributed by atoms with Crippen LogP contribution in [0.1, 0.15) is 57.2 Å². The summed E-state index contributed by atoms with van der Waals surface area (Å²) in [5.41, 5.74) is 1.13. The molecule has 1 fully saturated rings. The standard InChI is InChI=1S/C14H20N4OS/c1-2-3-4-8-18-12-10(13(19)17-14(18)20)15-11(16-12)9-6-5-7-9/h9H,2-8H2,1H3,(H,15,16)(H,17,19,20). The van der Waals surface area contributed by atoms with E-state index in [1.807, 2.05) is 4.57 Å². The summed E-state index contributed by atoms with van der Waals surface area (Å²) in [4.78, 5) is 22.6. The van der Waals surface area contributed by atoms with Crippen LogP contribution in [0.4, 0.5) is 0 Å². The maximum Gasteiger partial charge on any atom is 0.277 e. The highest BCUT2D eigenvalue weighted by Gasteiger charge is 2.24. The molecule has 1 aliphatic carbocycles. The van der Waals surface area contributed by atoms with Crippen molar-refractivity contribution in [3.63, 3.8) is 0 Å². The molecule has 20 heavy (non-hydrogen) atoms. The molecule has 0 atom stereocenters. The minimum atomic E-state index is -0.158. The number of nitrogens with one attached hydrogen (secondary N) is 2. The van der Waals surface area contributed by atoms with E-state index in [0.29, 0.717) is 16.2 Å². The van der Waals surface area contributed by atoms with Gasteiger partial charge >= 0.3 is 0 Å². The fourth-order valence-corrected chi connectivity index (χ4v) is 2.93. The van der Waals surface area contributed by atoms with Crippen molar-refractivity contribution in [1.82, 2.24) is 19.5 Å². The van der Waals surface area contributed by atoms with Crippen molar-refractivity contribution in [2.24, 2.45) is 0 Å². The Morgan fingerprint density at radius 2 is 2.15 bits per heavy atom. The maximum atomic E-state index is 12.0. The van der Waals surface area contributed by atoms with Crippen LogP contribution in [0.2, 0.25) is 0 Å². The van der Waals surface area contributed by atoms with Crippen molar-refractivity contribution in [3.05, 3.63) is 20.9 Å². The number of aromatic amines is 2. The molecule has 2 heterocycles. The smallest absolute Gasteiger partial charge is 0.277 e. The molecule has 0 bridgehead atoms. The van der Waals surface area contributed by atoms with Gasteiger partial charge in [0, 0.05) is 12.5 Å². The molecule has 2 N–H and O–H groups in total. The van der Waals surface area contributed by atoms with Gasteiger partial charge in [-0.3, -0.25) is 9.78 Å². The molecule has 2 aromatic heterocycles. The number of aryl methyl sites for hydroxylation is 1. The average molecular weight is 292 g/mol. The van der Waals surface area contributed by atoms with E-state index in [4.69, 9.17) is 12.2 Å². The van der Waals surface area contributed by atoms with E-state index in [0.717, 1.165) is 50.1 Å². The quantitative estimate of drug-likeness (QED) is 0.656. The Balaban J connectivity index is 2.05. The highest BCUT2D eigenvalue weighted by Crippen LogP contribution is 2.35. The molecule has 0 unspecified atom stereocenters. The normalized spacial score (nSPS) is 15.7. The monoisotopic (exact) mass is 292 g/mol. The molecule has 1 aliphatic rings. The first-order valence-electron chi connectivity index (χ1n) is 7.43. The SMILES string of the molecule is CCCCCn1c(=S)[nH]c(=O)c2[nH]c(C3CCC3)nc21. The Morgan fingerprint density at radius 3 is 2.80 bits per heavy atom. The first-order valence-corrected chi connectivity index (χ1v) is 7.84. The maximum absolute atomic E-state index is 12.0. The van der Waals surface area contributed by atoms with Gasteiger partial charge in [-0.1, -0.05) is 26.2 Å². The molecule has 0 saturated heterocycles. The first-order chi connectivity index (χ1) is 9.70. The minimum Gasteiger partial charge on any atom is -0.336 e. The van der Waals surface area contributed by atoms with Gasteiger partial charge in [0.05, 0.1) is 0 Å². The van der Waals surface area contributed by atoms with E-state index >= 15 is 0 Å². The van der Waals surface area contributed by atoms with Crippen LogP contribution < -0.4 is 5.56 Å². The predicted octanol–water partition coefficient (Wildman–Crippen LogP) is 3.24. The Labute approximate surface area is 122 Å². The number of imidazole rings is 1. The van der Waals surface area contributed by atoms with Gasteiger partial charge in [0.15, 0.2) is 10.4 Å². The molecule has 108 valence electrons. The summed E-state index contributed by atoms with van der Waals surface area (Å²) in [5, 5.41) is 0. The van der Waals surface area contributed by atoms with Gasteiger partial charge in [-0.05, 0) is 31.5 Å². The Bertz CT molecular complexity index is 723. The average Bonchev–Trinajstić information content (AvgIpc) is 2.76. The van der Waals surface area contributed by atoms with Crippen LogP contribution in [0.5, 0.6) is 0 Å². The number of aromatic nitrogens is 4. The highest BCUT2D eigenvalue weighted by atomic mass is 32.1. The van der Waals surface area contributed by atoms with E-state index in [1.54, 1.807) is 0 Å². The Kier molecular flexibility index (Phi) is 3.74. The van der Waals surface area contributed by atoms with Crippen LogP contribution >= 0.6 is 12.2 Å². The molecule has 0 radical (unpaired) electrons. The fraction of sp³-hybridized carbons (Fsp3) is 0.643. The van der Waals surface area contributed by atoms with Gasteiger partial charge in [-0.15, -0.1) is 0 Å². The number of H-pyrrole nitrogens is 2. The van der Waals surface area contributed by atoms with Gasteiger partial charge in [-0.2, -0.15) is 0 Å². The summed E-state index contributed by atoms with van der Waals surface area (Å²) < 4.78 is 2.44. The summed E-state index contributed by atoms with van der Waals surface area (Å²) in [6.07, 6.45) is 6.94. The lowest BCUT2D eigenvalue weighted by molar-refractivity contribution is 0.404. The Hall–Kier alpha value is -1.43. The second-order valence-corrected chi connectivity index (χ2v) is 5.95. The van der Waals surface area contributed by atoms with Gasteiger partial charge in [-0.25, -0.2) is 4.98 Å². The number of hydrogen-bond donors (Lipinski definition) is 2. The minimum absolute atomic E-state index is 0.158.